The molecule has 1 aromatic carbocycles. The van der Waals surface area contributed by atoms with E-state index < -0.39 is 6.10 Å². The molecule has 1 atom stereocenters. The fourth-order valence-electron chi connectivity index (χ4n) is 1.92. The molecule has 0 fully saturated rings. The van der Waals surface area contributed by atoms with Crippen molar-refractivity contribution in [3.8, 4) is 0 Å². The van der Waals surface area contributed by atoms with E-state index >= 15 is 0 Å². The lowest BCUT2D eigenvalue weighted by molar-refractivity contribution is 0.176. The number of methoxy groups -OCH3 is 1. The quantitative estimate of drug-likeness (QED) is 0.861. The van der Waals surface area contributed by atoms with E-state index in [0.29, 0.717) is 18.0 Å². The van der Waals surface area contributed by atoms with Crippen LogP contribution in [0, 0.1) is 0 Å². The van der Waals surface area contributed by atoms with Crippen LogP contribution < -0.4 is 5.73 Å². The Morgan fingerprint density at radius 3 is 2.67 bits per heavy atom. The van der Waals surface area contributed by atoms with Gasteiger partial charge in [0.05, 0.1) is 6.61 Å². The summed E-state index contributed by atoms with van der Waals surface area (Å²) in [6.07, 6.45) is 0.817. The molecule has 1 unspecified atom stereocenters. The molecule has 0 amide bonds. The zero-order chi connectivity index (χ0) is 13.0. The summed E-state index contributed by atoms with van der Waals surface area (Å²) in [5.41, 5.74) is 8.12. The van der Waals surface area contributed by atoms with Gasteiger partial charge in [0, 0.05) is 18.9 Å². The van der Waals surface area contributed by atoms with Gasteiger partial charge in [-0.2, -0.15) is 0 Å². The molecule has 2 rings (SSSR count). The molecule has 0 aliphatic rings. The highest BCUT2D eigenvalue weighted by Gasteiger charge is 2.16. The van der Waals surface area contributed by atoms with E-state index in [1.54, 1.807) is 25.4 Å². The summed E-state index contributed by atoms with van der Waals surface area (Å²) < 4.78 is 5.13. The minimum Gasteiger partial charge on any atom is -0.384 e. The molecule has 18 heavy (non-hydrogen) atoms. The molecule has 0 radical (unpaired) electrons. The molecule has 4 nitrogen and oxygen atoms in total. The van der Waals surface area contributed by atoms with Crippen LogP contribution in [0.5, 0.6) is 0 Å². The first kappa shape index (κ1) is 12.5. The van der Waals surface area contributed by atoms with Gasteiger partial charge in [0.15, 0.2) is 0 Å². The molecule has 1 heterocycles. The van der Waals surface area contributed by atoms with Crippen molar-refractivity contribution in [1.82, 2.24) is 4.98 Å². The summed E-state index contributed by atoms with van der Waals surface area (Å²) in [6.45, 7) is 0.452. The summed E-state index contributed by atoms with van der Waals surface area (Å²) in [5.74, 6) is 0.345. The normalized spacial score (nSPS) is 12.3. The van der Waals surface area contributed by atoms with Gasteiger partial charge in [-0.3, -0.25) is 0 Å². The highest BCUT2D eigenvalue weighted by atomic mass is 16.5. The number of benzene rings is 1. The Hall–Kier alpha value is -1.91. The van der Waals surface area contributed by atoms with Crippen molar-refractivity contribution in [3.63, 3.8) is 0 Å². The standard InChI is InChI=1S/C14H16N2O2/c1-18-9-10-5-2-3-6-11(10)13(17)12-7-4-8-16-14(12)15/h2-8,13,17H,9H2,1H3,(H2,15,16). The number of ether oxygens (including phenoxy) is 1. The number of nitrogen functional groups attached to an aromatic ring is 1. The van der Waals surface area contributed by atoms with Gasteiger partial charge >= 0.3 is 0 Å². The second kappa shape index (κ2) is 5.62. The number of nitrogens with zero attached hydrogens (tertiary/aromatic N) is 1. The van der Waals surface area contributed by atoms with Crippen molar-refractivity contribution in [2.45, 2.75) is 12.7 Å². The van der Waals surface area contributed by atoms with Crippen LogP contribution in [0.15, 0.2) is 42.6 Å². The third kappa shape index (κ3) is 2.50. The number of pyridine rings is 1. The maximum absolute atomic E-state index is 10.4. The minimum absolute atomic E-state index is 0.345. The Bertz CT molecular complexity index is 529. The highest BCUT2D eigenvalue weighted by Crippen LogP contribution is 2.27. The van der Waals surface area contributed by atoms with E-state index in [-0.39, 0.29) is 0 Å². The molecule has 94 valence electrons. The average molecular weight is 244 g/mol. The van der Waals surface area contributed by atoms with Crippen molar-refractivity contribution in [2.24, 2.45) is 0 Å². The SMILES string of the molecule is COCc1ccccc1C(O)c1cccnc1N. The van der Waals surface area contributed by atoms with Crippen molar-refractivity contribution < 1.29 is 9.84 Å². The maximum Gasteiger partial charge on any atom is 0.129 e. The predicted molar refractivity (Wildman–Crippen MR) is 69.9 cm³/mol. The number of aliphatic hydroxyl groups is 1. The molecule has 1 aromatic heterocycles. The third-order valence-corrected chi connectivity index (χ3v) is 2.82. The molecule has 4 heteroatoms. The van der Waals surface area contributed by atoms with Gasteiger partial charge in [-0.05, 0) is 17.2 Å². The van der Waals surface area contributed by atoms with Gasteiger partial charge in [0.2, 0.25) is 0 Å². The second-order valence-corrected chi connectivity index (χ2v) is 4.01. The van der Waals surface area contributed by atoms with Gasteiger partial charge in [-0.25, -0.2) is 4.98 Å². The van der Waals surface area contributed by atoms with E-state index in [2.05, 4.69) is 4.98 Å². The summed E-state index contributed by atoms with van der Waals surface area (Å²) in [4.78, 5) is 3.99. The summed E-state index contributed by atoms with van der Waals surface area (Å²) in [7, 11) is 1.63. The highest BCUT2D eigenvalue weighted by molar-refractivity contribution is 5.45. The number of hydrogen-bond acceptors (Lipinski definition) is 4. The van der Waals surface area contributed by atoms with E-state index in [0.717, 1.165) is 11.1 Å². The van der Waals surface area contributed by atoms with Crippen molar-refractivity contribution in [1.29, 1.82) is 0 Å². The molecule has 2 aromatic rings. The Morgan fingerprint density at radius 2 is 1.94 bits per heavy atom. The number of anilines is 1. The number of aromatic nitrogens is 1. The Labute approximate surface area is 106 Å². The molecular weight excluding hydrogens is 228 g/mol. The van der Waals surface area contributed by atoms with E-state index in [1.807, 2.05) is 24.3 Å². The first-order chi connectivity index (χ1) is 8.74. The number of rotatable bonds is 4. The zero-order valence-electron chi connectivity index (χ0n) is 10.2. The Kier molecular flexibility index (Phi) is 3.92. The number of nitrogens with two attached hydrogens (primary N) is 1. The first-order valence-corrected chi connectivity index (χ1v) is 5.69. The van der Waals surface area contributed by atoms with Crippen molar-refractivity contribution in [3.05, 3.63) is 59.3 Å². The van der Waals surface area contributed by atoms with Crippen LogP contribution >= 0.6 is 0 Å². The smallest absolute Gasteiger partial charge is 0.129 e. The van der Waals surface area contributed by atoms with E-state index in [4.69, 9.17) is 10.5 Å². The average Bonchev–Trinajstić information content (AvgIpc) is 2.40. The van der Waals surface area contributed by atoms with E-state index in [9.17, 15) is 5.11 Å². The van der Waals surface area contributed by atoms with Gasteiger partial charge in [-0.15, -0.1) is 0 Å². The molecule has 0 aliphatic heterocycles. The Balaban J connectivity index is 2.40. The zero-order valence-corrected chi connectivity index (χ0v) is 10.2. The lowest BCUT2D eigenvalue weighted by Crippen LogP contribution is -2.08. The van der Waals surface area contributed by atoms with E-state index in [1.165, 1.54) is 0 Å². The molecular formula is C14H16N2O2. The van der Waals surface area contributed by atoms with Gasteiger partial charge < -0.3 is 15.6 Å². The summed E-state index contributed by atoms with van der Waals surface area (Å²) in [5, 5.41) is 10.4. The van der Waals surface area contributed by atoms with Crippen LogP contribution in [0.2, 0.25) is 0 Å². The van der Waals surface area contributed by atoms with Crippen LogP contribution in [0.25, 0.3) is 0 Å². The van der Waals surface area contributed by atoms with Crippen LogP contribution in [-0.2, 0) is 11.3 Å². The maximum atomic E-state index is 10.4. The molecule has 0 aliphatic carbocycles. The topological polar surface area (TPSA) is 68.4 Å². The second-order valence-electron chi connectivity index (χ2n) is 4.01. The van der Waals surface area contributed by atoms with Gasteiger partial charge in [0.1, 0.15) is 11.9 Å². The van der Waals surface area contributed by atoms with Crippen molar-refractivity contribution >= 4 is 5.82 Å². The van der Waals surface area contributed by atoms with Crippen LogP contribution in [0.1, 0.15) is 22.8 Å². The third-order valence-electron chi connectivity index (χ3n) is 2.82. The Morgan fingerprint density at radius 1 is 1.22 bits per heavy atom. The molecule has 0 spiro atoms. The van der Waals surface area contributed by atoms with Crippen LogP contribution in [0.3, 0.4) is 0 Å². The monoisotopic (exact) mass is 244 g/mol. The minimum atomic E-state index is -0.787. The largest absolute Gasteiger partial charge is 0.384 e. The lowest BCUT2D eigenvalue weighted by Gasteiger charge is -2.16. The summed E-state index contributed by atoms with van der Waals surface area (Å²) >= 11 is 0. The summed E-state index contributed by atoms with van der Waals surface area (Å²) in [6, 6.07) is 11.1. The fraction of sp³-hybridized carbons (Fsp3) is 0.214. The molecule has 0 bridgehead atoms. The molecule has 0 saturated carbocycles. The first-order valence-electron chi connectivity index (χ1n) is 5.69. The van der Waals surface area contributed by atoms with Crippen LogP contribution in [0.4, 0.5) is 5.82 Å². The molecule has 3 N–H and O–H groups in total. The lowest BCUT2D eigenvalue weighted by atomic mass is 9.97. The number of hydrogen-bond donors (Lipinski definition) is 2. The van der Waals surface area contributed by atoms with Crippen LogP contribution in [-0.4, -0.2) is 17.2 Å². The fourth-order valence-corrected chi connectivity index (χ4v) is 1.92. The molecule has 0 saturated heterocycles. The van der Waals surface area contributed by atoms with Gasteiger partial charge in [-0.1, -0.05) is 30.3 Å². The van der Waals surface area contributed by atoms with Gasteiger partial charge in [0.25, 0.3) is 0 Å². The predicted octanol–water partition coefficient (Wildman–Crippen LogP) is 1.89. The van der Waals surface area contributed by atoms with Crippen molar-refractivity contribution in [2.75, 3.05) is 12.8 Å². The number of aliphatic hydroxyl groups excluding tert-OH is 1.